The molecule has 1 aliphatic rings. The molecule has 0 aliphatic carbocycles. The van der Waals surface area contributed by atoms with Crippen molar-refractivity contribution < 1.29 is 4.39 Å². The lowest BCUT2D eigenvalue weighted by molar-refractivity contribution is 0.446. The fourth-order valence-electron chi connectivity index (χ4n) is 4.59. The van der Waals surface area contributed by atoms with Crippen molar-refractivity contribution >= 4 is 21.9 Å². The molecule has 0 bridgehead atoms. The molecule has 1 aliphatic heterocycles. The fourth-order valence-corrected chi connectivity index (χ4v) is 4.59. The van der Waals surface area contributed by atoms with E-state index in [1.807, 2.05) is 18.2 Å². The third-order valence-electron chi connectivity index (χ3n) is 5.95. The zero-order chi connectivity index (χ0) is 19.3. The van der Waals surface area contributed by atoms with E-state index in [-0.39, 0.29) is 17.7 Å². The van der Waals surface area contributed by atoms with Gasteiger partial charge in [0.1, 0.15) is 5.82 Å². The Balaban J connectivity index is 1.76. The van der Waals surface area contributed by atoms with E-state index in [2.05, 4.69) is 39.3 Å². The molecule has 0 radical (unpaired) electrons. The SMILES string of the molecule is CC(C)c1c(-c2ccnc3[nH]ncc23)[nH]c2ccc(C3CCNCC3)c(F)c12. The average molecular weight is 377 g/mol. The minimum Gasteiger partial charge on any atom is -0.354 e. The molecule has 0 atom stereocenters. The number of pyridine rings is 1. The van der Waals surface area contributed by atoms with E-state index >= 15 is 4.39 Å². The highest BCUT2D eigenvalue weighted by atomic mass is 19.1. The Hall–Kier alpha value is -2.73. The Morgan fingerprint density at radius 2 is 1.96 bits per heavy atom. The number of aromatic amines is 2. The number of hydrogen-bond donors (Lipinski definition) is 3. The third kappa shape index (κ3) is 2.63. The van der Waals surface area contributed by atoms with Gasteiger partial charge in [-0.1, -0.05) is 19.9 Å². The molecule has 4 heterocycles. The number of nitrogens with zero attached hydrogens (tertiary/aromatic N) is 2. The number of piperidine rings is 1. The van der Waals surface area contributed by atoms with E-state index < -0.39 is 0 Å². The number of hydrogen-bond acceptors (Lipinski definition) is 3. The molecule has 144 valence electrons. The van der Waals surface area contributed by atoms with E-state index in [9.17, 15) is 0 Å². The molecule has 0 amide bonds. The van der Waals surface area contributed by atoms with Gasteiger partial charge in [0.05, 0.1) is 11.9 Å². The van der Waals surface area contributed by atoms with Crippen LogP contribution in [-0.2, 0) is 0 Å². The first kappa shape index (κ1) is 17.4. The summed E-state index contributed by atoms with van der Waals surface area (Å²) in [5.41, 5.74) is 5.42. The van der Waals surface area contributed by atoms with Gasteiger partial charge in [-0.3, -0.25) is 5.10 Å². The van der Waals surface area contributed by atoms with Crippen molar-refractivity contribution in [2.45, 2.75) is 38.5 Å². The van der Waals surface area contributed by atoms with Gasteiger partial charge in [0.2, 0.25) is 0 Å². The van der Waals surface area contributed by atoms with Crippen molar-refractivity contribution in [2.24, 2.45) is 0 Å². The van der Waals surface area contributed by atoms with Crippen LogP contribution < -0.4 is 5.32 Å². The van der Waals surface area contributed by atoms with Gasteiger partial charge in [0.25, 0.3) is 0 Å². The van der Waals surface area contributed by atoms with Crippen LogP contribution in [0.15, 0.2) is 30.6 Å². The Morgan fingerprint density at radius 3 is 2.75 bits per heavy atom. The highest BCUT2D eigenvalue weighted by Gasteiger charge is 2.25. The van der Waals surface area contributed by atoms with Crippen molar-refractivity contribution in [3.8, 4) is 11.3 Å². The first-order chi connectivity index (χ1) is 13.6. The number of rotatable bonds is 3. The van der Waals surface area contributed by atoms with E-state index in [4.69, 9.17) is 0 Å². The molecule has 3 aromatic heterocycles. The quantitative estimate of drug-likeness (QED) is 0.479. The average Bonchev–Trinajstić information content (AvgIpc) is 3.33. The number of H-pyrrole nitrogens is 2. The lowest BCUT2D eigenvalue weighted by Gasteiger charge is -2.23. The van der Waals surface area contributed by atoms with E-state index in [1.54, 1.807) is 12.4 Å². The van der Waals surface area contributed by atoms with Crippen molar-refractivity contribution in [3.05, 3.63) is 47.5 Å². The van der Waals surface area contributed by atoms with Crippen LogP contribution in [0, 0.1) is 5.82 Å². The molecule has 6 heteroatoms. The lowest BCUT2D eigenvalue weighted by atomic mass is 9.87. The van der Waals surface area contributed by atoms with E-state index in [0.29, 0.717) is 0 Å². The summed E-state index contributed by atoms with van der Waals surface area (Å²) in [6.45, 7) is 6.15. The summed E-state index contributed by atoms with van der Waals surface area (Å²) in [5.74, 6) is 0.398. The Bertz CT molecular complexity index is 1150. The second-order valence-electron chi connectivity index (χ2n) is 7.97. The number of nitrogens with one attached hydrogen (secondary N) is 3. The largest absolute Gasteiger partial charge is 0.354 e. The molecule has 5 rings (SSSR count). The summed E-state index contributed by atoms with van der Waals surface area (Å²) in [4.78, 5) is 7.83. The van der Waals surface area contributed by atoms with Gasteiger partial charge in [-0.25, -0.2) is 9.37 Å². The predicted molar refractivity (Wildman–Crippen MR) is 110 cm³/mol. The molecule has 1 fully saturated rings. The maximum atomic E-state index is 15.8. The second-order valence-corrected chi connectivity index (χ2v) is 7.97. The first-order valence-electron chi connectivity index (χ1n) is 9.98. The number of benzene rings is 1. The van der Waals surface area contributed by atoms with Gasteiger partial charge in [-0.05, 0) is 61.0 Å². The minimum absolute atomic E-state index is 0.0620. The molecule has 4 aromatic rings. The van der Waals surface area contributed by atoms with Crippen molar-refractivity contribution in [2.75, 3.05) is 13.1 Å². The Kier molecular flexibility index (Phi) is 4.16. The van der Waals surface area contributed by atoms with Crippen molar-refractivity contribution in [3.63, 3.8) is 0 Å². The number of fused-ring (bicyclic) bond motifs is 2. The fraction of sp³-hybridized carbons (Fsp3) is 0.364. The van der Waals surface area contributed by atoms with Gasteiger partial charge in [0.15, 0.2) is 5.65 Å². The van der Waals surface area contributed by atoms with Crippen LogP contribution in [0.4, 0.5) is 4.39 Å². The van der Waals surface area contributed by atoms with Crippen LogP contribution in [0.1, 0.15) is 49.7 Å². The van der Waals surface area contributed by atoms with Crippen LogP contribution in [0.5, 0.6) is 0 Å². The molecular weight excluding hydrogens is 353 g/mol. The second kappa shape index (κ2) is 6.71. The zero-order valence-electron chi connectivity index (χ0n) is 16.1. The molecule has 28 heavy (non-hydrogen) atoms. The summed E-state index contributed by atoms with van der Waals surface area (Å²) in [7, 11) is 0. The summed E-state index contributed by atoms with van der Waals surface area (Å²) in [6.07, 6.45) is 5.51. The highest BCUT2D eigenvalue weighted by Crippen LogP contribution is 2.41. The van der Waals surface area contributed by atoms with Gasteiger partial charge < -0.3 is 10.3 Å². The molecule has 1 aromatic carbocycles. The smallest absolute Gasteiger partial charge is 0.155 e. The van der Waals surface area contributed by atoms with E-state index in [0.717, 1.165) is 70.3 Å². The van der Waals surface area contributed by atoms with Gasteiger partial charge in [0, 0.05) is 28.0 Å². The maximum absolute atomic E-state index is 15.8. The Labute approximate surface area is 162 Å². The standard InChI is InChI=1S/C22H24FN5/c1-12(2)18-19-17(4-3-14(20(19)23)13-5-8-24-9-6-13)27-21(18)15-7-10-25-22-16(15)11-26-28-22/h3-4,7,10-13,24,27H,5-6,8-9H2,1-2H3,(H,25,26,28). The van der Waals surface area contributed by atoms with Crippen molar-refractivity contribution in [1.29, 1.82) is 0 Å². The molecule has 0 saturated carbocycles. The van der Waals surface area contributed by atoms with Crippen LogP contribution in [0.3, 0.4) is 0 Å². The highest BCUT2D eigenvalue weighted by molar-refractivity contribution is 5.99. The number of aromatic nitrogens is 4. The number of halogens is 1. The van der Waals surface area contributed by atoms with E-state index in [1.165, 1.54) is 0 Å². The molecule has 5 nitrogen and oxygen atoms in total. The minimum atomic E-state index is -0.0620. The monoisotopic (exact) mass is 377 g/mol. The molecule has 0 spiro atoms. The Morgan fingerprint density at radius 1 is 1.14 bits per heavy atom. The van der Waals surface area contributed by atoms with Crippen LogP contribution in [-0.4, -0.2) is 33.3 Å². The third-order valence-corrected chi connectivity index (χ3v) is 5.95. The zero-order valence-corrected chi connectivity index (χ0v) is 16.1. The lowest BCUT2D eigenvalue weighted by Crippen LogP contribution is -2.27. The van der Waals surface area contributed by atoms with Gasteiger partial charge in [-0.15, -0.1) is 0 Å². The van der Waals surface area contributed by atoms with Crippen LogP contribution >= 0.6 is 0 Å². The van der Waals surface area contributed by atoms with Crippen LogP contribution in [0.2, 0.25) is 0 Å². The normalized spacial score (nSPS) is 15.9. The molecule has 0 unspecified atom stereocenters. The molecule has 3 N–H and O–H groups in total. The van der Waals surface area contributed by atoms with Crippen LogP contribution in [0.25, 0.3) is 33.2 Å². The van der Waals surface area contributed by atoms with Gasteiger partial charge in [-0.2, -0.15) is 5.10 Å². The summed E-state index contributed by atoms with van der Waals surface area (Å²) >= 11 is 0. The van der Waals surface area contributed by atoms with Gasteiger partial charge >= 0.3 is 0 Å². The topological polar surface area (TPSA) is 69.4 Å². The summed E-state index contributed by atoms with van der Waals surface area (Å²) in [6, 6.07) is 5.98. The summed E-state index contributed by atoms with van der Waals surface area (Å²) in [5, 5.41) is 12.1. The molecular formula is C22H24FN5. The predicted octanol–water partition coefficient (Wildman–Crippen LogP) is 4.84. The molecule has 1 saturated heterocycles. The van der Waals surface area contributed by atoms with Crippen molar-refractivity contribution in [1.82, 2.24) is 25.5 Å². The maximum Gasteiger partial charge on any atom is 0.155 e. The first-order valence-corrected chi connectivity index (χ1v) is 9.98. The summed E-state index contributed by atoms with van der Waals surface area (Å²) < 4.78 is 15.8.